The predicted molar refractivity (Wildman–Crippen MR) is 109 cm³/mol. The first-order chi connectivity index (χ1) is 11.2. The van der Waals surface area contributed by atoms with Gasteiger partial charge in [0.25, 0.3) is 0 Å². The molecule has 0 spiro atoms. The zero-order valence-electron chi connectivity index (χ0n) is 14.4. The molecule has 0 aromatic carbocycles. The number of rotatable bonds is 4. The van der Waals surface area contributed by atoms with Gasteiger partial charge >= 0.3 is 0 Å². The fraction of sp³-hybridized carbons (Fsp3) is 0.562. The standard InChI is InChI=1S/C16H24N6S.HI/c1-4-15-20-14(11-23-15)8-18-16(17-2)22-6-5-12(10-22)13-7-19-21(3)9-13;/h7,9,11-12H,4-6,8,10H2,1-3H3,(H,17,18);1H. The van der Waals surface area contributed by atoms with E-state index in [2.05, 4.69) is 43.8 Å². The van der Waals surface area contributed by atoms with Crippen LogP contribution in [0.4, 0.5) is 0 Å². The maximum absolute atomic E-state index is 4.60. The van der Waals surface area contributed by atoms with Gasteiger partial charge in [-0.15, -0.1) is 35.3 Å². The van der Waals surface area contributed by atoms with E-state index in [-0.39, 0.29) is 24.0 Å². The van der Waals surface area contributed by atoms with Crippen molar-refractivity contribution in [3.8, 4) is 0 Å². The van der Waals surface area contributed by atoms with Crippen molar-refractivity contribution in [2.24, 2.45) is 12.0 Å². The number of aliphatic imine (C=N–C) groups is 1. The molecular formula is C16H25IN6S. The summed E-state index contributed by atoms with van der Waals surface area (Å²) in [6.45, 7) is 4.88. The van der Waals surface area contributed by atoms with Gasteiger partial charge in [0.1, 0.15) is 0 Å². The Hall–Kier alpha value is -1.16. The summed E-state index contributed by atoms with van der Waals surface area (Å²) >= 11 is 1.73. The van der Waals surface area contributed by atoms with Crippen molar-refractivity contribution < 1.29 is 0 Å². The molecule has 0 aliphatic carbocycles. The summed E-state index contributed by atoms with van der Waals surface area (Å²) < 4.78 is 1.87. The predicted octanol–water partition coefficient (Wildman–Crippen LogP) is 2.62. The molecule has 1 saturated heterocycles. The van der Waals surface area contributed by atoms with Crippen LogP contribution in [0, 0.1) is 0 Å². The van der Waals surface area contributed by atoms with E-state index in [0.29, 0.717) is 5.92 Å². The zero-order valence-corrected chi connectivity index (χ0v) is 17.5. The average Bonchev–Trinajstić information content (AvgIpc) is 3.28. The molecule has 132 valence electrons. The van der Waals surface area contributed by atoms with Crippen molar-refractivity contribution in [1.29, 1.82) is 0 Å². The highest BCUT2D eigenvalue weighted by Crippen LogP contribution is 2.26. The van der Waals surface area contributed by atoms with Crippen LogP contribution in [0.15, 0.2) is 22.8 Å². The number of nitrogens with one attached hydrogen (secondary N) is 1. The Morgan fingerprint density at radius 2 is 2.33 bits per heavy atom. The van der Waals surface area contributed by atoms with Gasteiger partial charge in [0.15, 0.2) is 5.96 Å². The minimum Gasteiger partial charge on any atom is -0.351 e. The van der Waals surface area contributed by atoms with Crippen LogP contribution < -0.4 is 5.32 Å². The molecule has 1 aliphatic heterocycles. The van der Waals surface area contributed by atoms with Crippen LogP contribution in [0.2, 0.25) is 0 Å². The van der Waals surface area contributed by atoms with E-state index in [1.165, 1.54) is 10.6 Å². The Balaban J connectivity index is 0.00000208. The van der Waals surface area contributed by atoms with Crippen molar-refractivity contribution in [1.82, 2.24) is 25.0 Å². The fourth-order valence-corrected chi connectivity index (χ4v) is 3.71. The maximum Gasteiger partial charge on any atom is 0.193 e. The molecule has 1 unspecified atom stereocenters. The van der Waals surface area contributed by atoms with E-state index in [4.69, 9.17) is 0 Å². The van der Waals surface area contributed by atoms with E-state index in [9.17, 15) is 0 Å². The van der Waals surface area contributed by atoms with Crippen LogP contribution >= 0.6 is 35.3 Å². The normalized spacial score (nSPS) is 17.9. The largest absolute Gasteiger partial charge is 0.351 e. The molecule has 2 aromatic rings. The first kappa shape index (κ1) is 19.2. The minimum atomic E-state index is 0. The van der Waals surface area contributed by atoms with E-state index in [0.717, 1.165) is 44.1 Å². The third-order valence-corrected chi connectivity index (χ3v) is 5.27. The second kappa shape index (κ2) is 8.80. The van der Waals surface area contributed by atoms with Gasteiger partial charge in [0.2, 0.25) is 0 Å². The van der Waals surface area contributed by atoms with Crippen molar-refractivity contribution in [3.05, 3.63) is 34.0 Å². The van der Waals surface area contributed by atoms with Crippen LogP contribution in [-0.2, 0) is 20.0 Å². The molecular weight excluding hydrogens is 435 g/mol. The Morgan fingerprint density at radius 3 is 2.96 bits per heavy atom. The third kappa shape index (κ3) is 4.47. The topological polar surface area (TPSA) is 58.3 Å². The number of thiazole rings is 1. The lowest BCUT2D eigenvalue weighted by atomic mass is 10.0. The molecule has 0 bridgehead atoms. The highest BCUT2D eigenvalue weighted by molar-refractivity contribution is 14.0. The van der Waals surface area contributed by atoms with E-state index >= 15 is 0 Å². The summed E-state index contributed by atoms with van der Waals surface area (Å²) in [6.07, 6.45) is 6.24. The van der Waals surface area contributed by atoms with E-state index < -0.39 is 0 Å². The number of nitrogens with zero attached hydrogens (tertiary/aromatic N) is 5. The number of aromatic nitrogens is 3. The van der Waals surface area contributed by atoms with Crippen LogP contribution in [-0.4, -0.2) is 45.8 Å². The van der Waals surface area contributed by atoms with Crippen LogP contribution in [0.5, 0.6) is 0 Å². The Labute approximate surface area is 164 Å². The van der Waals surface area contributed by atoms with Crippen LogP contribution in [0.25, 0.3) is 0 Å². The minimum absolute atomic E-state index is 0. The molecule has 3 rings (SSSR count). The molecule has 6 nitrogen and oxygen atoms in total. The lowest BCUT2D eigenvalue weighted by Gasteiger charge is -2.21. The van der Waals surface area contributed by atoms with Gasteiger partial charge < -0.3 is 10.2 Å². The van der Waals surface area contributed by atoms with E-state index in [1.54, 1.807) is 11.3 Å². The summed E-state index contributed by atoms with van der Waals surface area (Å²) in [5.41, 5.74) is 2.41. The smallest absolute Gasteiger partial charge is 0.193 e. The number of hydrogen-bond acceptors (Lipinski definition) is 4. The highest BCUT2D eigenvalue weighted by Gasteiger charge is 2.26. The zero-order chi connectivity index (χ0) is 16.2. The molecule has 2 aromatic heterocycles. The first-order valence-corrected chi connectivity index (χ1v) is 8.95. The summed E-state index contributed by atoms with van der Waals surface area (Å²) in [4.78, 5) is 11.4. The number of hydrogen-bond donors (Lipinski definition) is 1. The Bertz CT molecular complexity index is 680. The van der Waals surface area contributed by atoms with Crippen molar-refractivity contribution in [2.75, 3.05) is 20.1 Å². The Morgan fingerprint density at radius 1 is 1.50 bits per heavy atom. The Kier molecular flexibility index (Phi) is 7.02. The van der Waals surface area contributed by atoms with E-state index in [1.807, 2.05) is 25.0 Å². The number of likely N-dealkylation sites (tertiary alicyclic amines) is 1. The quantitative estimate of drug-likeness (QED) is 0.433. The number of aryl methyl sites for hydroxylation is 2. The molecule has 8 heteroatoms. The summed E-state index contributed by atoms with van der Waals surface area (Å²) in [5.74, 6) is 1.50. The van der Waals surface area contributed by atoms with Gasteiger partial charge in [-0.2, -0.15) is 5.10 Å². The third-order valence-electron chi connectivity index (χ3n) is 4.23. The van der Waals surface area contributed by atoms with Crippen molar-refractivity contribution in [3.63, 3.8) is 0 Å². The molecule has 24 heavy (non-hydrogen) atoms. The molecule has 0 saturated carbocycles. The molecule has 0 radical (unpaired) electrons. The van der Waals surface area contributed by atoms with Crippen LogP contribution in [0.3, 0.4) is 0 Å². The lowest BCUT2D eigenvalue weighted by molar-refractivity contribution is 0.485. The van der Waals surface area contributed by atoms with Gasteiger partial charge in [0.05, 0.1) is 23.4 Å². The SMILES string of the molecule is CCc1nc(CNC(=NC)N2CCC(c3cnn(C)c3)C2)cs1.I. The van der Waals surface area contributed by atoms with Crippen LogP contribution in [0.1, 0.15) is 35.5 Å². The monoisotopic (exact) mass is 460 g/mol. The van der Waals surface area contributed by atoms with Crippen molar-refractivity contribution >= 4 is 41.3 Å². The maximum atomic E-state index is 4.60. The molecule has 1 aliphatic rings. The highest BCUT2D eigenvalue weighted by atomic mass is 127. The summed E-state index contributed by atoms with van der Waals surface area (Å²) in [7, 11) is 3.81. The van der Waals surface area contributed by atoms with Crippen molar-refractivity contribution in [2.45, 2.75) is 32.2 Å². The number of guanidine groups is 1. The molecule has 3 heterocycles. The van der Waals surface area contributed by atoms with Gasteiger partial charge in [-0.3, -0.25) is 9.67 Å². The molecule has 1 atom stereocenters. The van der Waals surface area contributed by atoms with Gasteiger partial charge in [-0.25, -0.2) is 4.98 Å². The molecule has 1 fully saturated rings. The van der Waals surface area contributed by atoms with Gasteiger partial charge in [-0.05, 0) is 18.4 Å². The number of halogens is 1. The lowest BCUT2D eigenvalue weighted by Crippen LogP contribution is -2.39. The second-order valence-electron chi connectivity index (χ2n) is 5.87. The van der Waals surface area contributed by atoms with Gasteiger partial charge in [0, 0.05) is 44.7 Å². The summed E-state index contributed by atoms with van der Waals surface area (Å²) in [6, 6.07) is 0. The molecule has 1 N–H and O–H groups in total. The fourth-order valence-electron chi connectivity index (χ4n) is 2.97. The first-order valence-electron chi connectivity index (χ1n) is 8.07. The second-order valence-corrected chi connectivity index (χ2v) is 6.81. The van der Waals surface area contributed by atoms with Gasteiger partial charge in [-0.1, -0.05) is 6.92 Å². The molecule has 0 amide bonds. The summed E-state index contributed by atoms with van der Waals surface area (Å²) in [5, 5.41) is 11.0. The average molecular weight is 460 g/mol.